The maximum atomic E-state index is 10.9. The number of methoxy groups -OCH3 is 1. The zero-order chi connectivity index (χ0) is 9.19. The van der Waals surface area contributed by atoms with Gasteiger partial charge in [0.25, 0.3) is 0 Å². The second kappa shape index (κ2) is 3.28. The molecule has 6 nitrogen and oxygen atoms in total. The Morgan fingerprint density at radius 3 is 2.50 bits per heavy atom. The fourth-order valence-corrected chi connectivity index (χ4v) is 1.64. The second-order valence-electron chi connectivity index (χ2n) is 2.49. The molecule has 1 fully saturated rings. The first-order valence-electron chi connectivity index (χ1n) is 3.41. The molecule has 70 valence electrons. The molecule has 1 rings (SSSR count). The van der Waals surface area contributed by atoms with Crippen LogP contribution < -0.4 is 9.44 Å². The lowest BCUT2D eigenvalue weighted by molar-refractivity contribution is 0.177. The highest BCUT2D eigenvalue weighted by Gasteiger charge is 2.27. The van der Waals surface area contributed by atoms with Crippen molar-refractivity contribution in [2.24, 2.45) is 0 Å². The van der Waals surface area contributed by atoms with Crippen molar-refractivity contribution in [1.29, 1.82) is 0 Å². The van der Waals surface area contributed by atoms with Gasteiger partial charge in [0.1, 0.15) is 0 Å². The van der Waals surface area contributed by atoms with E-state index in [0.29, 0.717) is 0 Å². The number of carbonyl (C=O) groups excluding carboxylic acids is 1. The van der Waals surface area contributed by atoms with Crippen LogP contribution in [-0.2, 0) is 14.9 Å². The van der Waals surface area contributed by atoms with Crippen LogP contribution in [-0.4, -0.2) is 27.7 Å². The molecule has 0 heterocycles. The zero-order valence-corrected chi connectivity index (χ0v) is 7.35. The Hall–Kier alpha value is -0.820. The number of hydrogen-bond acceptors (Lipinski definition) is 4. The van der Waals surface area contributed by atoms with Gasteiger partial charge in [-0.2, -0.15) is 13.1 Å². The van der Waals surface area contributed by atoms with Crippen LogP contribution in [0.25, 0.3) is 0 Å². The molecular formula is C5H10N2O4S. The maximum absolute atomic E-state index is 10.9. The first kappa shape index (κ1) is 9.27. The average molecular weight is 194 g/mol. The highest BCUT2D eigenvalue weighted by Crippen LogP contribution is 2.19. The molecule has 2 N–H and O–H groups in total. The first-order chi connectivity index (χ1) is 5.53. The van der Waals surface area contributed by atoms with Crippen LogP contribution in [0.5, 0.6) is 0 Å². The van der Waals surface area contributed by atoms with Crippen LogP contribution >= 0.6 is 0 Å². The lowest BCUT2D eigenvalue weighted by atomic mass is 10.8. The van der Waals surface area contributed by atoms with Gasteiger partial charge in [-0.3, -0.25) is 0 Å². The summed E-state index contributed by atoms with van der Waals surface area (Å²) in [5, 5.41) is 0. The molecule has 0 radical (unpaired) electrons. The minimum Gasteiger partial charge on any atom is -0.452 e. The number of ether oxygens (including phenoxy) is 1. The summed E-state index contributed by atoms with van der Waals surface area (Å²) >= 11 is 0. The third kappa shape index (κ3) is 3.05. The molecule has 0 aromatic carbocycles. The van der Waals surface area contributed by atoms with E-state index in [1.165, 1.54) is 0 Å². The zero-order valence-electron chi connectivity index (χ0n) is 6.53. The predicted molar refractivity (Wildman–Crippen MR) is 40.6 cm³/mol. The van der Waals surface area contributed by atoms with E-state index in [1.54, 1.807) is 4.72 Å². The van der Waals surface area contributed by atoms with E-state index >= 15 is 0 Å². The molecule has 1 saturated carbocycles. The van der Waals surface area contributed by atoms with Crippen LogP contribution in [0.15, 0.2) is 0 Å². The van der Waals surface area contributed by atoms with Gasteiger partial charge in [0.15, 0.2) is 0 Å². The Morgan fingerprint density at radius 2 is 2.08 bits per heavy atom. The van der Waals surface area contributed by atoms with Crippen LogP contribution in [0.1, 0.15) is 12.8 Å². The average Bonchev–Trinajstić information content (AvgIpc) is 2.69. The van der Waals surface area contributed by atoms with Crippen LogP contribution in [0, 0.1) is 0 Å². The lowest BCUT2D eigenvalue weighted by Gasteiger charge is -2.04. The molecule has 0 bridgehead atoms. The fraction of sp³-hybridized carbons (Fsp3) is 0.800. The monoisotopic (exact) mass is 194 g/mol. The van der Waals surface area contributed by atoms with Crippen molar-refractivity contribution in [2.45, 2.75) is 18.9 Å². The summed E-state index contributed by atoms with van der Waals surface area (Å²) in [6.07, 6.45) is 0.660. The first-order valence-corrected chi connectivity index (χ1v) is 4.90. The van der Waals surface area contributed by atoms with Gasteiger partial charge in [0, 0.05) is 6.04 Å². The summed E-state index contributed by atoms with van der Waals surface area (Å²) in [4.78, 5) is 10.5. The third-order valence-electron chi connectivity index (χ3n) is 1.30. The maximum Gasteiger partial charge on any atom is 0.421 e. The Bertz CT molecular complexity index is 269. The van der Waals surface area contributed by atoms with Crippen molar-refractivity contribution >= 4 is 16.3 Å². The van der Waals surface area contributed by atoms with Crippen LogP contribution in [0.4, 0.5) is 4.79 Å². The van der Waals surface area contributed by atoms with E-state index in [4.69, 9.17) is 0 Å². The number of nitrogens with one attached hydrogen (secondary N) is 2. The van der Waals surface area contributed by atoms with Gasteiger partial charge in [-0.1, -0.05) is 0 Å². The van der Waals surface area contributed by atoms with Crippen molar-refractivity contribution < 1.29 is 17.9 Å². The van der Waals surface area contributed by atoms with Gasteiger partial charge >= 0.3 is 16.3 Å². The number of amides is 1. The third-order valence-corrected chi connectivity index (χ3v) is 2.38. The van der Waals surface area contributed by atoms with Crippen molar-refractivity contribution in [3.8, 4) is 0 Å². The molecule has 12 heavy (non-hydrogen) atoms. The Labute approximate surface area is 70.5 Å². The summed E-state index contributed by atoms with van der Waals surface area (Å²) in [6.45, 7) is 0. The minimum absolute atomic E-state index is 0.0212. The molecule has 0 aromatic rings. The normalized spacial score (nSPS) is 17.1. The molecule has 0 saturated heterocycles. The van der Waals surface area contributed by atoms with Crippen LogP contribution in [0.2, 0.25) is 0 Å². The summed E-state index contributed by atoms with van der Waals surface area (Å²) in [7, 11) is -2.61. The second-order valence-corrected chi connectivity index (χ2v) is 3.94. The summed E-state index contributed by atoms with van der Waals surface area (Å²) in [5.41, 5.74) is 0. The van der Waals surface area contributed by atoms with E-state index in [-0.39, 0.29) is 6.04 Å². The lowest BCUT2D eigenvalue weighted by Crippen LogP contribution is -2.41. The summed E-state index contributed by atoms with van der Waals surface area (Å²) in [5.74, 6) is 0. The summed E-state index contributed by atoms with van der Waals surface area (Å²) < 4.78 is 29.9. The van der Waals surface area contributed by atoms with Gasteiger partial charge in [-0.05, 0) is 12.8 Å². The number of rotatable bonds is 3. The van der Waals surface area contributed by atoms with E-state index in [2.05, 4.69) is 9.46 Å². The highest BCUT2D eigenvalue weighted by molar-refractivity contribution is 7.88. The highest BCUT2D eigenvalue weighted by atomic mass is 32.2. The predicted octanol–water partition coefficient (Wildman–Crippen LogP) is -0.661. The Balaban J connectivity index is 2.41. The van der Waals surface area contributed by atoms with Crippen molar-refractivity contribution in [2.75, 3.05) is 7.11 Å². The molecule has 0 aliphatic heterocycles. The molecular weight excluding hydrogens is 184 g/mol. The molecule has 0 aromatic heterocycles. The van der Waals surface area contributed by atoms with E-state index in [9.17, 15) is 13.2 Å². The molecule has 0 spiro atoms. The standard InChI is InChI=1S/C5H10N2O4S/c1-11-5(8)7-12(9,10)6-4-2-3-4/h4,6H,2-3H2,1H3,(H,7,8). The van der Waals surface area contributed by atoms with Crippen molar-refractivity contribution in [3.05, 3.63) is 0 Å². The molecule has 0 unspecified atom stereocenters. The molecule has 1 aliphatic rings. The summed E-state index contributed by atoms with van der Waals surface area (Å²) in [6, 6.07) is -0.0212. The quantitative estimate of drug-likeness (QED) is 0.624. The van der Waals surface area contributed by atoms with E-state index < -0.39 is 16.3 Å². The Kier molecular flexibility index (Phi) is 2.53. The van der Waals surface area contributed by atoms with Gasteiger partial charge < -0.3 is 4.74 Å². The van der Waals surface area contributed by atoms with E-state index in [0.717, 1.165) is 20.0 Å². The smallest absolute Gasteiger partial charge is 0.421 e. The largest absolute Gasteiger partial charge is 0.452 e. The number of hydrogen-bond donors (Lipinski definition) is 2. The molecule has 0 atom stereocenters. The molecule has 1 aliphatic carbocycles. The van der Waals surface area contributed by atoms with Crippen LogP contribution in [0.3, 0.4) is 0 Å². The van der Waals surface area contributed by atoms with Gasteiger partial charge in [0.2, 0.25) is 0 Å². The van der Waals surface area contributed by atoms with Gasteiger partial charge in [-0.15, -0.1) is 0 Å². The van der Waals surface area contributed by atoms with Gasteiger partial charge in [-0.25, -0.2) is 9.52 Å². The molecule has 7 heteroatoms. The Morgan fingerprint density at radius 1 is 1.50 bits per heavy atom. The van der Waals surface area contributed by atoms with Gasteiger partial charge in [0.05, 0.1) is 7.11 Å². The minimum atomic E-state index is -3.70. The number of carbonyl (C=O) groups is 1. The van der Waals surface area contributed by atoms with Crippen molar-refractivity contribution in [3.63, 3.8) is 0 Å². The van der Waals surface area contributed by atoms with Crippen molar-refractivity contribution in [1.82, 2.24) is 9.44 Å². The molecule has 1 amide bonds. The topological polar surface area (TPSA) is 84.5 Å². The SMILES string of the molecule is COC(=O)NS(=O)(=O)NC1CC1. The van der Waals surface area contributed by atoms with E-state index in [1.807, 2.05) is 0 Å². The fourth-order valence-electron chi connectivity index (χ4n) is 0.601.